The van der Waals surface area contributed by atoms with Crippen LogP contribution in [-0.4, -0.2) is 38.1 Å². The molecule has 0 bridgehead atoms. The molecule has 0 radical (unpaired) electrons. The van der Waals surface area contributed by atoms with Crippen molar-refractivity contribution >= 4 is 5.69 Å². The van der Waals surface area contributed by atoms with Crippen LogP contribution >= 0.6 is 0 Å². The highest BCUT2D eigenvalue weighted by Crippen LogP contribution is 2.29. The average Bonchev–Trinajstić information content (AvgIpc) is 2.76. The van der Waals surface area contributed by atoms with Crippen molar-refractivity contribution in [1.82, 2.24) is 4.90 Å². The number of nitriles is 1. The summed E-state index contributed by atoms with van der Waals surface area (Å²) in [5.41, 5.74) is 3.13. The molecule has 1 aliphatic heterocycles. The minimum atomic E-state index is 0.536. The molecule has 1 aliphatic rings. The molecule has 0 saturated carbocycles. The van der Waals surface area contributed by atoms with E-state index in [1.807, 2.05) is 12.1 Å². The van der Waals surface area contributed by atoms with Gasteiger partial charge >= 0.3 is 0 Å². The van der Waals surface area contributed by atoms with Crippen LogP contribution in [-0.2, 0) is 0 Å². The first-order valence-corrected chi connectivity index (χ1v) is 6.54. The fourth-order valence-electron chi connectivity index (χ4n) is 2.74. The third-order valence-electron chi connectivity index (χ3n) is 3.54. The molecule has 1 saturated heterocycles. The fourth-order valence-corrected chi connectivity index (χ4v) is 2.74. The lowest BCUT2D eigenvalue weighted by atomic mass is 10.1. The van der Waals surface area contributed by atoms with E-state index in [0.717, 1.165) is 24.3 Å². The van der Waals surface area contributed by atoms with Gasteiger partial charge in [-0.05, 0) is 51.6 Å². The van der Waals surface area contributed by atoms with E-state index in [1.165, 1.54) is 18.4 Å². The number of hydrogen-bond acceptors (Lipinski definition) is 3. The molecular weight excluding hydrogens is 222 g/mol. The smallest absolute Gasteiger partial charge is 0.101 e. The molecule has 1 unspecified atom stereocenters. The van der Waals surface area contributed by atoms with Crippen LogP contribution in [0.2, 0.25) is 0 Å². The molecule has 0 aromatic heterocycles. The van der Waals surface area contributed by atoms with E-state index in [2.05, 4.69) is 43.0 Å². The fraction of sp³-hybridized carbons (Fsp3) is 0.533. The van der Waals surface area contributed by atoms with Gasteiger partial charge in [0.25, 0.3) is 0 Å². The number of rotatable bonds is 3. The summed E-state index contributed by atoms with van der Waals surface area (Å²) in [6.07, 6.45) is 2.44. The lowest BCUT2D eigenvalue weighted by Crippen LogP contribution is -2.37. The zero-order valence-corrected chi connectivity index (χ0v) is 11.5. The number of nitrogens with zero attached hydrogens (tertiary/aromatic N) is 3. The predicted octanol–water partition coefficient (Wildman–Crippen LogP) is 2.40. The van der Waals surface area contributed by atoms with E-state index in [1.54, 1.807) is 0 Å². The molecule has 18 heavy (non-hydrogen) atoms. The van der Waals surface area contributed by atoms with Crippen LogP contribution < -0.4 is 4.90 Å². The molecule has 1 aromatic carbocycles. The van der Waals surface area contributed by atoms with Crippen molar-refractivity contribution in [3.63, 3.8) is 0 Å². The zero-order valence-electron chi connectivity index (χ0n) is 11.5. The van der Waals surface area contributed by atoms with Gasteiger partial charge in [0.05, 0.1) is 11.3 Å². The van der Waals surface area contributed by atoms with Crippen LogP contribution in [0.4, 0.5) is 5.69 Å². The standard InChI is InChI=1S/C15H21N3/c1-12-6-7-13(10-16)15(9-12)18-8-4-5-14(18)11-17(2)3/h6-7,9,14H,4-5,8,11H2,1-3H3. The normalized spacial score (nSPS) is 19.3. The molecule has 0 spiro atoms. The van der Waals surface area contributed by atoms with E-state index < -0.39 is 0 Å². The molecule has 0 N–H and O–H groups in total. The maximum absolute atomic E-state index is 9.25. The minimum Gasteiger partial charge on any atom is -0.366 e. The van der Waals surface area contributed by atoms with Gasteiger partial charge in [0, 0.05) is 19.1 Å². The summed E-state index contributed by atoms with van der Waals surface area (Å²) in [4.78, 5) is 4.64. The Morgan fingerprint density at radius 2 is 2.22 bits per heavy atom. The van der Waals surface area contributed by atoms with Crippen LogP contribution in [0.3, 0.4) is 0 Å². The quantitative estimate of drug-likeness (QED) is 0.816. The van der Waals surface area contributed by atoms with E-state index >= 15 is 0 Å². The summed E-state index contributed by atoms with van der Waals surface area (Å²) in [5.74, 6) is 0. The first-order chi connectivity index (χ1) is 8.61. The van der Waals surface area contributed by atoms with Crippen molar-refractivity contribution in [1.29, 1.82) is 5.26 Å². The molecule has 3 heteroatoms. The van der Waals surface area contributed by atoms with Crippen LogP contribution in [0, 0.1) is 18.3 Å². The highest BCUT2D eigenvalue weighted by molar-refractivity contribution is 5.61. The molecule has 1 aromatic rings. The van der Waals surface area contributed by atoms with Gasteiger partial charge < -0.3 is 9.80 Å². The minimum absolute atomic E-state index is 0.536. The second-order valence-electron chi connectivity index (χ2n) is 5.38. The van der Waals surface area contributed by atoms with Gasteiger partial charge in [-0.3, -0.25) is 0 Å². The Labute approximate surface area is 110 Å². The van der Waals surface area contributed by atoms with E-state index in [-0.39, 0.29) is 0 Å². The van der Waals surface area contributed by atoms with Crippen molar-refractivity contribution < 1.29 is 0 Å². The predicted molar refractivity (Wildman–Crippen MR) is 74.8 cm³/mol. The maximum atomic E-state index is 9.25. The van der Waals surface area contributed by atoms with Crippen molar-refractivity contribution in [3.8, 4) is 6.07 Å². The summed E-state index contributed by atoms with van der Waals surface area (Å²) in [6, 6.07) is 8.95. The number of hydrogen-bond donors (Lipinski definition) is 0. The third kappa shape index (κ3) is 2.65. The molecule has 1 fully saturated rings. The lowest BCUT2D eigenvalue weighted by Gasteiger charge is -2.30. The van der Waals surface area contributed by atoms with Gasteiger partial charge in [-0.1, -0.05) is 6.07 Å². The van der Waals surface area contributed by atoms with E-state index in [9.17, 15) is 5.26 Å². The lowest BCUT2D eigenvalue weighted by molar-refractivity contribution is 0.372. The van der Waals surface area contributed by atoms with Gasteiger partial charge in [-0.25, -0.2) is 0 Å². The summed E-state index contributed by atoms with van der Waals surface area (Å²) in [6.45, 7) is 4.21. The Morgan fingerprint density at radius 3 is 2.89 bits per heavy atom. The molecule has 0 aliphatic carbocycles. The average molecular weight is 243 g/mol. The van der Waals surface area contributed by atoms with Gasteiger partial charge in [0.2, 0.25) is 0 Å². The van der Waals surface area contributed by atoms with Crippen molar-refractivity contribution in [2.24, 2.45) is 0 Å². The van der Waals surface area contributed by atoms with Gasteiger partial charge in [0.1, 0.15) is 6.07 Å². The van der Waals surface area contributed by atoms with E-state index in [4.69, 9.17) is 0 Å². The molecule has 0 amide bonds. The Balaban J connectivity index is 2.30. The second kappa shape index (κ2) is 5.41. The molecule has 1 atom stereocenters. The Bertz CT molecular complexity index is 459. The molecular formula is C15H21N3. The number of anilines is 1. The largest absolute Gasteiger partial charge is 0.366 e. The van der Waals surface area contributed by atoms with Crippen LogP contribution in [0.5, 0.6) is 0 Å². The Hall–Kier alpha value is -1.53. The van der Waals surface area contributed by atoms with Crippen molar-refractivity contribution in [2.75, 3.05) is 32.1 Å². The number of benzene rings is 1. The van der Waals surface area contributed by atoms with Crippen molar-refractivity contribution in [2.45, 2.75) is 25.8 Å². The molecule has 1 heterocycles. The summed E-state index contributed by atoms with van der Waals surface area (Å²) in [7, 11) is 4.22. The zero-order chi connectivity index (χ0) is 13.1. The number of likely N-dealkylation sites (N-methyl/N-ethyl adjacent to an activating group) is 1. The molecule has 96 valence electrons. The Morgan fingerprint density at radius 1 is 1.44 bits per heavy atom. The molecule has 3 nitrogen and oxygen atoms in total. The van der Waals surface area contributed by atoms with Crippen LogP contribution in [0.15, 0.2) is 18.2 Å². The summed E-state index contributed by atoms with van der Waals surface area (Å²) in [5, 5.41) is 9.25. The maximum Gasteiger partial charge on any atom is 0.101 e. The second-order valence-corrected chi connectivity index (χ2v) is 5.38. The molecule has 2 rings (SSSR count). The number of aryl methyl sites for hydroxylation is 1. The topological polar surface area (TPSA) is 30.3 Å². The van der Waals surface area contributed by atoms with Crippen LogP contribution in [0.25, 0.3) is 0 Å². The van der Waals surface area contributed by atoms with Gasteiger partial charge in [0.15, 0.2) is 0 Å². The SMILES string of the molecule is Cc1ccc(C#N)c(N2CCCC2CN(C)C)c1. The van der Waals surface area contributed by atoms with Crippen molar-refractivity contribution in [3.05, 3.63) is 29.3 Å². The Kier molecular flexibility index (Phi) is 3.88. The third-order valence-corrected chi connectivity index (χ3v) is 3.54. The highest BCUT2D eigenvalue weighted by Gasteiger charge is 2.26. The first kappa shape index (κ1) is 12.9. The summed E-state index contributed by atoms with van der Waals surface area (Å²) >= 11 is 0. The summed E-state index contributed by atoms with van der Waals surface area (Å²) < 4.78 is 0. The van der Waals surface area contributed by atoms with Gasteiger partial charge in [-0.15, -0.1) is 0 Å². The van der Waals surface area contributed by atoms with Crippen LogP contribution in [0.1, 0.15) is 24.0 Å². The van der Waals surface area contributed by atoms with Gasteiger partial charge in [-0.2, -0.15) is 5.26 Å². The van der Waals surface area contributed by atoms with E-state index in [0.29, 0.717) is 6.04 Å². The highest BCUT2D eigenvalue weighted by atomic mass is 15.2. The first-order valence-electron chi connectivity index (χ1n) is 6.54. The monoisotopic (exact) mass is 243 g/mol.